The van der Waals surface area contributed by atoms with Crippen LogP contribution in [0.2, 0.25) is 0 Å². The molecule has 60 valence electrons. The molecule has 1 N–H and O–H groups in total. The number of thiophene rings is 1. The molecule has 2 heteroatoms. The van der Waals surface area contributed by atoms with Gasteiger partial charge in [-0.05, 0) is 40.6 Å². The lowest BCUT2D eigenvalue weighted by Gasteiger charge is -2.05. The molecule has 1 fully saturated rings. The molecular weight excluding hydrogens is 156 g/mol. The van der Waals surface area contributed by atoms with Crippen LogP contribution in [0.4, 0.5) is 0 Å². The van der Waals surface area contributed by atoms with E-state index in [4.69, 9.17) is 0 Å². The summed E-state index contributed by atoms with van der Waals surface area (Å²) in [6.45, 7) is 2.19. The second kappa shape index (κ2) is 2.61. The molecule has 0 saturated heterocycles. The van der Waals surface area contributed by atoms with Crippen LogP contribution in [0.5, 0.6) is 0 Å². The molecule has 1 aromatic rings. The zero-order valence-electron chi connectivity index (χ0n) is 6.53. The lowest BCUT2D eigenvalue weighted by atomic mass is 10.1. The lowest BCUT2D eigenvalue weighted by molar-refractivity contribution is 0.148. The zero-order chi connectivity index (χ0) is 7.84. The first-order valence-corrected chi connectivity index (χ1v) is 4.93. The summed E-state index contributed by atoms with van der Waals surface area (Å²) in [7, 11) is 0. The van der Waals surface area contributed by atoms with Gasteiger partial charge in [0.15, 0.2) is 0 Å². The van der Waals surface area contributed by atoms with Crippen molar-refractivity contribution in [3.63, 3.8) is 0 Å². The monoisotopic (exact) mass is 168 g/mol. The van der Waals surface area contributed by atoms with Gasteiger partial charge in [-0.3, -0.25) is 0 Å². The van der Waals surface area contributed by atoms with E-state index >= 15 is 0 Å². The highest BCUT2D eigenvalue weighted by molar-refractivity contribution is 7.07. The van der Waals surface area contributed by atoms with E-state index in [1.165, 1.54) is 6.42 Å². The van der Waals surface area contributed by atoms with E-state index in [0.717, 1.165) is 11.5 Å². The summed E-state index contributed by atoms with van der Waals surface area (Å²) in [5.74, 6) is 1.26. The van der Waals surface area contributed by atoms with E-state index in [0.29, 0.717) is 5.92 Å². The molecule has 0 radical (unpaired) electrons. The highest BCUT2D eigenvalue weighted by Gasteiger charge is 2.39. The van der Waals surface area contributed by atoms with Gasteiger partial charge in [0, 0.05) is 0 Å². The third-order valence-corrected chi connectivity index (χ3v) is 3.16. The van der Waals surface area contributed by atoms with Crippen LogP contribution in [-0.4, -0.2) is 5.11 Å². The Morgan fingerprint density at radius 1 is 1.73 bits per heavy atom. The molecule has 1 heterocycles. The molecule has 0 spiro atoms. The van der Waals surface area contributed by atoms with Crippen molar-refractivity contribution in [2.45, 2.75) is 19.4 Å². The summed E-state index contributed by atoms with van der Waals surface area (Å²) in [6, 6.07) is 2.01. The minimum absolute atomic E-state index is 0.198. The van der Waals surface area contributed by atoms with Crippen LogP contribution < -0.4 is 0 Å². The van der Waals surface area contributed by atoms with Crippen LogP contribution in [-0.2, 0) is 0 Å². The zero-order valence-corrected chi connectivity index (χ0v) is 7.34. The Labute approximate surface area is 70.7 Å². The first kappa shape index (κ1) is 7.32. The fourth-order valence-corrected chi connectivity index (χ4v) is 2.17. The summed E-state index contributed by atoms with van der Waals surface area (Å²) >= 11 is 1.65. The topological polar surface area (TPSA) is 20.2 Å². The maximum absolute atomic E-state index is 9.73. The number of hydrogen-bond acceptors (Lipinski definition) is 2. The maximum Gasteiger partial charge on any atom is 0.0828 e. The van der Waals surface area contributed by atoms with Crippen molar-refractivity contribution in [1.82, 2.24) is 0 Å². The van der Waals surface area contributed by atoms with Crippen molar-refractivity contribution in [3.8, 4) is 0 Å². The van der Waals surface area contributed by atoms with Crippen LogP contribution in [0.25, 0.3) is 0 Å². The molecule has 0 aromatic carbocycles. The Morgan fingerprint density at radius 2 is 2.45 bits per heavy atom. The molecule has 0 aliphatic heterocycles. The Kier molecular flexibility index (Phi) is 1.74. The SMILES string of the molecule is CC1CC1C(O)c1ccsc1. The van der Waals surface area contributed by atoms with Crippen molar-refractivity contribution in [1.29, 1.82) is 0 Å². The molecule has 1 saturated carbocycles. The minimum atomic E-state index is -0.198. The summed E-state index contributed by atoms with van der Waals surface area (Å²) < 4.78 is 0. The third-order valence-electron chi connectivity index (χ3n) is 2.46. The normalized spacial score (nSPS) is 31.8. The molecule has 11 heavy (non-hydrogen) atoms. The molecule has 1 aromatic heterocycles. The quantitative estimate of drug-likeness (QED) is 0.719. The summed E-state index contributed by atoms with van der Waals surface area (Å²) in [5, 5.41) is 13.8. The average molecular weight is 168 g/mol. The van der Waals surface area contributed by atoms with E-state index in [-0.39, 0.29) is 6.10 Å². The number of rotatable bonds is 2. The molecule has 2 rings (SSSR count). The van der Waals surface area contributed by atoms with Crippen LogP contribution in [0, 0.1) is 11.8 Å². The molecule has 1 aliphatic carbocycles. The fraction of sp³-hybridized carbons (Fsp3) is 0.556. The van der Waals surface area contributed by atoms with Gasteiger partial charge < -0.3 is 5.11 Å². The van der Waals surface area contributed by atoms with Gasteiger partial charge in [-0.2, -0.15) is 11.3 Å². The van der Waals surface area contributed by atoms with E-state index in [2.05, 4.69) is 6.92 Å². The van der Waals surface area contributed by atoms with Gasteiger partial charge in [-0.15, -0.1) is 0 Å². The van der Waals surface area contributed by atoms with Gasteiger partial charge in [-0.1, -0.05) is 6.92 Å². The Hall–Kier alpha value is -0.340. The van der Waals surface area contributed by atoms with Crippen LogP contribution in [0.1, 0.15) is 25.0 Å². The molecule has 3 atom stereocenters. The van der Waals surface area contributed by atoms with Crippen molar-refractivity contribution in [2.24, 2.45) is 11.8 Å². The fourth-order valence-electron chi connectivity index (χ4n) is 1.48. The second-order valence-corrected chi connectivity index (χ2v) is 4.16. The number of aliphatic hydroxyl groups excluding tert-OH is 1. The molecular formula is C9H12OS. The predicted octanol–water partition coefficient (Wildman–Crippen LogP) is 2.44. The minimum Gasteiger partial charge on any atom is -0.388 e. The van der Waals surface area contributed by atoms with Gasteiger partial charge in [0.05, 0.1) is 6.10 Å². The van der Waals surface area contributed by atoms with Gasteiger partial charge in [-0.25, -0.2) is 0 Å². The van der Waals surface area contributed by atoms with Crippen LogP contribution in [0.15, 0.2) is 16.8 Å². The van der Waals surface area contributed by atoms with Crippen molar-refractivity contribution in [3.05, 3.63) is 22.4 Å². The van der Waals surface area contributed by atoms with Crippen molar-refractivity contribution >= 4 is 11.3 Å². The molecule has 1 nitrogen and oxygen atoms in total. The first-order valence-electron chi connectivity index (χ1n) is 3.99. The number of hydrogen-bond donors (Lipinski definition) is 1. The third kappa shape index (κ3) is 1.33. The Balaban J connectivity index is 2.06. The summed E-state index contributed by atoms with van der Waals surface area (Å²) in [4.78, 5) is 0. The van der Waals surface area contributed by atoms with E-state index in [1.54, 1.807) is 11.3 Å². The van der Waals surface area contributed by atoms with E-state index in [1.807, 2.05) is 16.8 Å². The molecule has 0 amide bonds. The number of aliphatic hydroxyl groups is 1. The van der Waals surface area contributed by atoms with E-state index in [9.17, 15) is 5.11 Å². The second-order valence-electron chi connectivity index (χ2n) is 3.38. The Morgan fingerprint density at radius 3 is 2.91 bits per heavy atom. The molecule has 1 aliphatic rings. The standard InChI is InChI=1S/C9H12OS/c1-6-4-8(6)9(10)7-2-3-11-5-7/h2-3,5-6,8-10H,4H2,1H3. The van der Waals surface area contributed by atoms with Gasteiger partial charge in [0.25, 0.3) is 0 Å². The van der Waals surface area contributed by atoms with Crippen molar-refractivity contribution < 1.29 is 5.11 Å². The first-order chi connectivity index (χ1) is 5.29. The average Bonchev–Trinajstić information content (AvgIpc) is 2.56. The summed E-state index contributed by atoms with van der Waals surface area (Å²) in [5.41, 5.74) is 1.10. The highest BCUT2D eigenvalue weighted by atomic mass is 32.1. The van der Waals surface area contributed by atoms with Crippen LogP contribution in [0.3, 0.4) is 0 Å². The van der Waals surface area contributed by atoms with Gasteiger partial charge >= 0.3 is 0 Å². The van der Waals surface area contributed by atoms with Crippen LogP contribution >= 0.6 is 11.3 Å². The smallest absolute Gasteiger partial charge is 0.0828 e. The highest BCUT2D eigenvalue weighted by Crippen LogP contribution is 2.47. The van der Waals surface area contributed by atoms with Gasteiger partial charge in [0.2, 0.25) is 0 Å². The summed E-state index contributed by atoms with van der Waals surface area (Å²) in [6.07, 6.45) is 0.994. The van der Waals surface area contributed by atoms with Gasteiger partial charge in [0.1, 0.15) is 0 Å². The van der Waals surface area contributed by atoms with Crippen molar-refractivity contribution in [2.75, 3.05) is 0 Å². The molecule has 3 unspecified atom stereocenters. The molecule has 0 bridgehead atoms. The maximum atomic E-state index is 9.73. The van der Waals surface area contributed by atoms with E-state index < -0.39 is 0 Å². The predicted molar refractivity (Wildman–Crippen MR) is 46.5 cm³/mol. The lowest BCUT2D eigenvalue weighted by Crippen LogP contribution is -1.98. The largest absolute Gasteiger partial charge is 0.388 e. The Bertz CT molecular complexity index is 230.